The SMILES string of the molecule is CCCCCCCCCCCCCCCc1cccc(OCC(CCC(=O)OCC)SC(CCC(=O)OCC)COc2cccc(CCCCCCCCCCCCCCC)c2)c1. The van der Waals surface area contributed by atoms with E-state index in [1.807, 2.05) is 26.0 Å². The zero-order valence-corrected chi connectivity index (χ0v) is 41.9. The van der Waals surface area contributed by atoms with Crippen molar-refractivity contribution in [2.24, 2.45) is 0 Å². The summed E-state index contributed by atoms with van der Waals surface area (Å²) < 4.78 is 23.5. The summed E-state index contributed by atoms with van der Waals surface area (Å²) in [6.07, 6.45) is 39.3. The van der Waals surface area contributed by atoms with Crippen molar-refractivity contribution in [1.29, 1.82) is 0 Å². The lowest BCUT2D eigenvalue weighted by Crippen LogP contribution is -2.25. The van der Waals surface area contributed by atoms with E-state index in [1.54, 1.807) is 11.8 Å². The van der Waals surface area contributed by atoms with Gasteiger partial charge in [0.2, 0.25) is 0 Å². The second kappa shape index (κ2) is 40.8. The number of esters is 2. The van der Waals surface area contributed by atoms with Crippen LogP contribution in [-0.2, 0) is 31.9 Å². The van der Waals surface area contributed by atoms with Gasteiger partial charge in [-0.1, -0.05) is 192 Å². The van der Waals surface area contributed by atoms with Gasteiger partial charge in [-0.2, -0.15) is 0 Å². The highest BCUT2D eigenvalue weighted by atomic mass is 32.2. The zero-order chi connectivity index (χ0) is 45.3. The molecule has 0 saturated heterocycles. The lowest BCUT2D eigenvalue weighted by Gasteiger charge is -2.24. The first kappa shape index (κ1) is 56.5. The predicted octanol–water partition coefficient (Wildman–Crippen LogP) is 16.6. The number of thioether (sulfide) groups is 1. The summed E-state index contributed by atoms with van der Waals surface area (Å²) in [7, 11) is 0. The molecule has 0 fully saturated rings. The number of hydrogen-bond donors (Lipinski definition) is 0. The van der Waals surface area contributed by atoms with E-state index in [2.05, 4.69) is 50.2 Å². The monoisotopic (exact) mass is 895 g/mol. The second-order valence-electron chi connectivity index (χ2n) is 18.0. The summed E-state index contributed by atoms with van der Waals surface area (Å²) in [5, 5.41) is 0.0219. The van der Waals surface area contributed by atoms with Gasteiger partial charge in [0.15, 0.2) is 0 Å². The van der Waals surface area contributed by atoms with Crippen LogP contribution in [-0.4, -0.2) is 48.9 Å². The van der Waals surface area contributed by atoms with Gasteiger partial charge in [0, 0.05) is 23.3 Å². The van der Waals surface area contributed by atoms with Crippen LogP contribution >= 0.6 is 11.8 Å². The van der Waals surface area contributed by atoms with Crippen molar-refractivity contribution < 1.29 is 28.5 Å². The van der Waals surface area contributed by atoms with Crippen LogP contribution in [0.4, 0.5) is 0 Å². The van der Waals surface area contributed by atoms with Gasteiger partial charge >= 0.3 is 11.9 Å². The topological polar surface area (TPSA) is 71.1 Å². The number of ether oxygens (including phenoxy) is 4. The largest absolute Gasteiger partial charge is 0.492 e. The Morgan fingerprint density at radius 2 is 0.762 bits per heavy atom. The number of unbranched alkanes of at least 4 members (excludes halogenated alkanes) is 24. The van der Waals surface area contributed by atoms with Crippen LogP contribution < -0.4 is 9.47 Å². The van der Waals surface area contributed by atoms with Gasteiger partial charge in [0.25, 0.3) is 0 Å². The van der Waals surface area contributed by atoms with Crippen molar-refractivity contribution in [3.05, 3.63) is 59.7 Å². The van der Waals surface area contributed by atoms with Gasteiger partial charge in [-0.15, -0.1) is 11.8 Å². The minimum absolute atomic E-state index is 0.0109. The molecule has 0 saturated carbocycles. The quantitative estimate of drug-likeness (QED) is 0.0485. The molecule has 7 heteroatoms. The summed E-state index contributed by atoms with van der Waals surface area (Å²) in [5.41, 5.74) is 2.62. The van der Waals surface area contributed by atoms with E-state index < -0.39 is 0 Å². The Labute approximate surface area is 391 Å². The Hall–Kier alpha value is -2.67. The molecule has 2 unspecified atom stereocenters. The maximum Gasteiger partial charge on any atom is 0.305 e. The van der Waals surface area contributed by atoms with Crippen LogP contribution in [0.15, 0.2) is 48.5 Å². The molecule has 2 atom stereocenters. The average molecular weight is 895 g/mol. The first-order valence-corrected chi connectivity index (χ1v) is 27.3. The molecule has 0 aliphatic rings. The van der Waals surface area contributed by atoms with E-state index in [9.17, 15) is 9.59 Å². The van der Waals surface area contributed by atoms with Crippen molar-refractivity contribution in [1.82, 2.24) is 0 Å². The fourth-order valence-corrected chi connectivity index (χ4v) is 9.68. The normalized spacial score (nSPS) is 12.3. The van der Waals surface area contributed by atoms with Gasteiger partial charge in [-0.25, -0.2) is 0 Å². The minimum Gasteiger partial charge on any atom is -0.492 e. The number of benzene rings is 2. The van der Waals surface area contributed by atoms with E-state index in [1.165, 1.54) is 178 Å². The molecule has 0 N–H and O–H groups in total. The van der Waals surface area contributed by atoms with E-state index in [0.29, 0.717) is 52.1 Å². The summed E-state index contributed by atoms with van der Waals surface area (Å²) in [4.78, 5) is 25.0. The molecule has 0 aliphatic heterocycles. The number of carbonyl (C=O) groups excluding carboxylic acids is 2. The fourth-order valence-electron chi connectivity index (χ4n) is 8.33. The molecule has 0 aliphatic carbocycles. The Morgan fingerprint density at radius 1 is 0.444 bits per heavy atom. The van der Waals surface area contributed by atoms with Crippen molar-refractivity contribution >= 4 is 23.7 Å². The van der Waals surface area contributed by atoms with Crippen molar-refractivity contribution in [3.8, 4) is 11.5 Å². The molecule has 2 aromatic rings. The lowest BCUT2D eigenvalue weighted by molar-refractivity contribution is -0.144. The number of rotatable bonds is 44. The first-order chi connectivity index (χ1) is 31.0. The maximum atomic E-state index is 12.5. The van der Waals surface area contributed by atoms with E-state index in [-0.39, 0.29) is 22.4 Å². The van der Waals surface area contributed by atoms with E-state index in [0.717, 1.165) is 24.3 Å². The van der Waals surface area contributed by atoms with E-state index >= 15 is 0 Å². The number of carbonyl (C=O) groups is 2. The average Bonchev–Trinajstić information content (AvgIpc) is 3.29. The Balaban J connectivity index is 1.86. The summed E-state index contributed by atoms with van der Waals surface area (Å²) in [6, 6.07) is 17.0. The van der Waals surface area contributed by atoms with Crippen LogP contribution in [0.1, 0.15) is 231 Å². The molecule has 360 valence electrons. The van der Waals surface area contributed by atoms with Crippen molar-refractivity contribution in [2.75, 3.05) is 26.4 Å². The van der Waals surface area contributed by atoms with Crippen LogP contribution in [0.3, 0.4) is 0 Å². The van der Waals surface area contributed by atoms with Gasteiger partial charge in [0.05, 0.1) is 13.2 Å². The molecular formula is C56H94O6S. The molecule has 6 nitrogen and oxygen atoms in total. The fraction of sp³-hybridized carbons (Fsp3) is 0.750. The van der Waals surface area contributed by atoms with Gasteiger partial charge in [-0.3, -0.25) is 9.59 Å². The van der Waals surface area contributed by atoms with Crippen LogP contribution in [0.5, 0.6) is 11.5 Å². The molecule has 63 heavy (non-hydrogen) atoms. The smallest absolute Gasteiger partial charge is 0.305 e. The minimum atomic E-state index is -0.192. The van der Waals surface area contributed by atoms with Crippen LogP contribution in [0, 0.1) is 0 Å². The molecule has 2 rings (SSSR count). The summed E-state index contributed by atoms with van der Waals surface area (Å²) in [5.74, 6) is 1.34. The first-order valence-electron chi connectivity index (χ1n) is 26.4. The summed E-state index contributed by atoms with van der Waals surface area (Å²) in [6.45, 7) is 9.90. The van der Waals surface area contributed by atoms with E-state index in [4.69, 9.17) is 18.9 Å². The number of hydrogen-bond acceptors (Lipinski definition) is 7. The summed E-state index contributed by atoms with van der Waals surface area (Å²) >= 11 is 1.75. The second-order valence-corrected chi connectivity index (χ2v) is 19.6. The third-order valence-corrected chi connectivity index (χ3v) is 13.7. The third kappa shape index (κ3) is 32.6. The standard InChI is InChI=1S/C56H94O6S/c1-5-9-11-13-15-17-19-21-23-25-27-29-31-35-49-37-33-39-51(45-49)61-47-53(41-43-55(57)59-7-3)63-54(42-44-56(58)60-8-4)48-62-52-40-34-38-50(46-52)36-32-30-28-26-24-22-20-18-16-14-12-10-6-2/h33-34,37-40,45-46,53-54H,5-32,35-36,41-44,47-48H2,1-4H3. The predicted molar refractivity (Wildman–Crippen MR) is 270 cm³/mol. The van der Waals surface area contributed by atoms with Gasteiger partial charge in [-0.05, 0) is 87.8 Å². The highest BCUT2D eigenvalue weighted by Crippen LogP contribution is 2.29. The molecule has 2 aromatic carbocycles. The molecular weight excluding hydrogens is 801 g/mol. The van der Waals surface area contributed by atoms with Crippen LogP contribution in [0.2, 0.25) is 0 Å². The molecule has 0 amide bonds. The highest BCUT2D eigenvalue weighted by Gasteiger charge is 2.22. The van der Waals surface area contributed by atoms with Gasteiger partial charge < -0.3 is 18.9 Å². The molecule has 0 aromatic heterocycles. The zero-order valence-electron chi connectivity index (χ0n) is 41.1. The van der Waals surface area contributed by atoms with Crippen LogP contribution in [0.25, 0.3) is 0 Å². The third-order valence-electron chi connectivity index (χ3n) is 12.1. The lowest BCUT2D eigenvalue weighted by atomic mass is 10.0. The highest BCUT2D eigenvalue weighted by molar-refractivity contribution is 8.00. The molecule has 0 heterocycles. The van der Waals surface area contributed by atoms with Crippen molar-refractivity contribution in [3.63, 3.8) is 0 Å². The van der Waals surface area contributed by atoms with Crippen molar-refractivity contribution in [2.45, 2.75) is 244 Å². The Kier molecular flexibility index (Phi) is 36.6. The Morgan fingerprint density at radius 3 is 1.08 bits per heavy atom. The molecule has 0 radical (unpaired) electrons. The molecule has 0 spiro atoms. The molecule has 0 bridgehead atoms. The van der Waals surface area contributed by atoms with Gasteiger partial charge in [0.1, 0.15) is 24.7 Å². The number of aryl methyl sites for hydroxylation is 2. The Bertz CT molecular complexity index is 1260. The maximum absolute atomic E-state index is 12.5.